The number of halogens is 1. The summed E-state index contributed by atoms with van der Waals surface area (Å²) in [6, 6.07) is 5.75. The summed E-state index contributed by atoms with van der Waals surface area (Å²) in [6.07, 6.45) is 2.16. The van der Waals surface area contributed by atoms with Crippen LogP contribution in [0.15, 0.2) is 35.1 Å². The monoisotopic (exact) mass is 329 g/mol. The molecule has 1 aromatic carbocycles. The molecule has 2 aromatic heterocycles. The SMILES string of the molecule is Nc1nc2c(nc(/C=C/C(=O)O)n2Cc2ccc(F)cc2)c(=O)[nH]1. The number of imidazole rings is 1. The first-order chi connectivity index (χ1) is 11.4. The van der Waals surface area contributed by atoms with Crippen molar-refractivity contribution in [3.8, 4) is 0 Å². The minimum atomic E-state index is -1.16. The highest BCUT2D eigenvalue weighted by Gasteiger charge is 2.14. The van der Waals surface area contributed by atoms with E-state index in [9.17, 15) is 14.0 Å². The number of nitrogens with two attached hydrogens (primary N) is 1. The van der Waals surface area contributed by atoms with Gasteiger partial charge < -0.3 is 15.4 Å². The molecule has 0 saturated heterocycles. The van der Waals surface area contributed by atoms with Gasteiger partial charge in [-0.05, 0) is 23.8 Å². The summed E-state index contributed by atoms with van der Waals surface area (Å²) < 4.78 is 14.6. The maximum atomic E-state index is 13.0. The first-order valence-corrected chi connectivity index (χ1v) is 6.85. The van der Waals surface area contributed by atoms with E-state index >= 15 is 0 Å². The van der Waals surface area contributed by atoms with Crippen molar-refractivity contribution in [2.45, 2.75) is 6.54 Å². The summed E-state index contributed by atoms with van der Waals surface area (Å²) in [5.41, 5.74) is 6.02. The summed E-state index contributed by atoms with van der Waals surface area (Å²) >= 11 is 0. The number of nitrogens with one attached hydrogen (secondary N) is 1. The molecule has 0 aliphatic carbocycles. The number of nitrogen functional groups attached to an aromatic ring is 1. The number of carboxylic acid groups (broad SMARTS) is 1. The van der Waals surface area contributed by atoms with Crippen molar-refractivity contribution in [1.82, 2.24) is 19.5 Å². The van der Waals surface area contributed by atoms with Gasteiger partial charge in [-0.1, -0.05) is 12.1 Å². The molecule has 3 aromatic rings. The van der Waals surface area contributed by atoms with E-state index in [2.05, 4.69) is 15.0 Å². The Morgan fingerprint density at radius 1 is 1.33 bits per heavy atom. The van der Waals surface area contributed by atoms with Gasteiger partial charge in [0.25, 0.3) is 5.56 Å². The zero-order chi connectivity index (χ0) is 17.3. The van der Waals surface area contributed by atoms with Crippen LogP contribution in [0.2, 0.25) is 0 Å². The van der Waals surface area contributed by atoms with Gasteiger partial charge in [0.05, 0.1) is 6.54 Å². The Labute approximate surface area is 134 Å². The summed E-state index contributed by atoms with van der Waals surface area (Å²) in [5.74, 6) is -1.39. The van der Waals surface area contributed by atoms with E-state index < -0.39 is 11.5 Å². The number of H-pyrrole nitrogens is 1. The lowest BCUT2D eigenvalue weighted by Gasteiger charge is -2.07. The number of aromatic nitrogens is 4. The molecule has 9 heteroatoms. The number of hydrogen-bond donors (Lipinski definition) is 3. The quantitative estimate of drug-likeness (QED) is 0.613. The number of benzene rings is 1. The van der Waals surface area contributed by atoms with Crippen LogP contribution in [0.4, 0.5) is 10.3 Å². The summed E-state index contributed by atoms with van der Waals surface area (Å²) in [6.45, 7) is 0.214. The summed E-state index contributed by atoms with van der Waals surface area (Å²) in [7, 11) is 0. The molecular weight excluding hydrogens is 317 g/mol. The number of fused-ring (bicyclic) bond motifs is 1. The third kappa shape index (κ3) is 3.00. The van der Waals surface area contributed by atoms with Crippen molar-refractivity contribution in [3.63, 3.8) is 0 Å². The highest BCUT2D eigenvalue weighted by atomic mass is 19.1. The second kappa shape index (κ2) is 5.95. The van der Waals surface area contributed by atoms with Crippen LogP contribution in [0.1, 0.15) is 11.4 Å². The van der Waals surface area contributed by atoms with E-state index in [0.717, 1.165) is 11.6 Å². The van der Waals surface area contributed by atoms with E-state index in [4.69, 9.17) is 10.8 Å². The van der Waals surface area contributed by atoms with E-state index in [1.165, 1.54) is 22.8 Å². The van der Waals surface area contributed by atoms with Crippen molar-refractivity contribution in [1.29, 1.82) is 0 Å². The van der Waals surface area contributed by atoms with Crippen LogP contribution in [0.3, 0.4) is 0 Å². The van der Waals surface area contributed by atoms with E-state index in [0.29, 0.717) is 0 Å². The standard InChI is InChI=1S/C15H12FN5O3/c16-9-3-1-8(2-4-9)7-21-10(5-6-11(22)23)18-12-13(21)19-15(17)20-14(12)24/h1-6H,7H2,(H,22,23)(H3,17,19,20,24)/b6-5+. The molecule has 0 spiro atoms. The van der Waals surface area contributed by atoms with Gasteiger partial charge in [0, 0.05) is 6.08 Å². The van der Waals surface area contributed by atoms with Crippen LogP contribution in [0.25, 0.3) is 17.2 Å². The van der Waals surface area contributed by atoms with Crippen LogP contribution in [-0.2, 0) is 11.3 Å². The van der Waals surface area contributed by atoms with Crippen molar-refractivity contribution in [2.24, 2.45) is 0 Å². The van der Waals surface area contributed by atoms with Gasteiger partial charge in [-0.25, -0.2) is 14.2 Å². The van der Waals surface area contributed by atoms with Crippen LogP contribution >= 0.6 is 0 Å². The molecule has 0 saturated carbocycles. The Morgan fingerprint density at radius 3 is 2.71 bits per heavy atom. The third-order valence-corrected chi connectivity index (χ3v) is 3.28. The molecule has 0 atom stereocenters. The number of carboxylic acids is 1. The largest absolute Gasteiger partial charge is 0.478 e. The zero-order valence-electron chi connectivity index (χ0n) is 12.2. The highest BCUT2D eigenvalue weighted by molar-refractivity contribution is 5.85. The van der Waals surface area contributed by atoms with Gasteiger partial charge in [-0.3, -0.25) is 9.78 Å². The number of carbonyl (C=O) groups is 1. The average molecular weight is 329 g/mol. The smallest absolute Gasteiger partial charge is 0.328 e. The summed E-state index contributed by atoms with van der Waals surface area (Å²) in [5, 5.41) is 8.79. The third-order valence-electron chi connectivity index (χ3n) is 3.28. The molecule has 0 bridgehead atoms. The maximum Gasteiger partial charge on any atom is 0.328 e. The van der Waals surface area contributed by atoms with Gasteiger partial charge in [-0.2, -0.15) is 4.98 Å². The normalized spacial score (nSPS) is 11.4. The van der Waals surface area contributed by atoms with Crippen LogP contribution in [-0.4, -0.2) is 30.6 Å². The van der Waals surface area contributed by atoms with E-state index in [1.807, 2.05) is 0 Å². The first-order valence-electron chi connectivity index (χ1n) is 6.85. The van der Waals surface area contributed by atoms with Crippen LogP contribution in [0, 0.1) is 5.82 Å². The Hall–Kier alpha value is -3.49. The van der Waals surface area contributed by atoms with Gasteiger partial charge in [0.15, 0.2) is 11.2 Å². The second-order valence-electron chi connectivity index (χ2n) is 4.98. The topological polar surface area (TPSA) is 127 Å². The lowest BCUT2D eigenvalue weighted by Crippen LogP contribution is -2.12. The predicted molar refractivity (Wildman–Crippen MR) is 84.7 cm³/mol. The van der Waals surface area contributed by atoms with Gasteiger partial charge in [0.1, 0.15) is 11.6 Å². The molecular formula is C15H12FN5O3. The number of rotatable bonds is 4. The van der Waals surface area contributed by atoms with Crippen molar-refractivity contribution in [3.05, 3.63) is 57.9 Å². The molecule has 2 heterocycles. The van der Waals surface area contributed by atoms with Crippen molar-refractivity contribution < 1.29 is 14.3 Å². The zero-order valence-corrected chi connectivity index (χ0v) is 12.2. The van der Waals surface area contributed by atoms with Crippen LogP contribution < -0.4 is 11.3 Å². The molecule has 0 radical (unpaired) electrons. The van der Waals surface area contributed by atoms with Gasteiger partial charge in [0.2, 0.25) is 5.95 Å². The fourth-order valence-corrected chi connectivity index (χ4v) is 2.25. The molecule has 3 rings (SSSR count). The molecule has 24 heavy (non-hydrogen) atoms. The predicted octanol–water partition coefficient (Wildman–Crippen LogP) is 0.987. The molecule has 0 aliphatic heterocycles. The molecule has 0 aliphatic rings. The fraction of sp³-hybridized carbons (Fsp3) is 0.0667. The number of anilines is 1. The second-order valence-corrected chi connectivity index (χ2v) is 4.98. The minimum absolute atomic E-state index is 0.0383. The van der Waals surface area contributed by atoms with Gasteiger partial charge in [-0.15, -0.1) is 0 Å². The Kier molecular flexibility index (Phi) is 3.82. The molecule has 0 amide bonds. The van der Waals surface area contributed by atoms with E-state index in [-0.39, 0.29) is 35.3 Å². The van der Waals surface area contributed by atoms with Crippen LogP contribution in [0.5, 0.6) is 0 Å². The molecule has 0 fully saturated rings. The number of nitrogens with zero attached hydrogens (tertiary/aromatic N) is 3. The lowest BCUT2D eigenvalue weighted by atomic mass is 10.2. The first kappa shape index (κ1) is 15.4. The molecule has 4 N–H and O–H groups in total. The Bertz CT molecular complexity index is 1000. The number of aliphatic carboxylic acids is 1. The lowest BCUT2D eigenvalue weighted by molar-refractivity contribution is -0.131. The Balaban J connectivity index is 2.18. The molecule has 8 nitrogen and oxygen atoms in total. The number of hydrogen-bond acceptors (Lipinski definition) is 5. The van der Waals surface area contributed by atoms with E-state index in [1.54, 1.807) is 12.1 Å². The van der Waals surface area contributed by atoms with Crippen molar-refractivity contribution >= 4 is 29.2 Å². The average Bonchev–Trinajstić information content (AvgIpc) is 2.86. The Morgan fingerprint density at radius 2 is 2.04 bits per heavy atom. The maximum absolute atomic E-state index is 13.0. The molecule has 122 valence electrons. The van der Waals surface area contributed by atoms with Crippen molar-refractivity contribution in [2.75, 3.05) is 5.73 Å². The van der Waals surface area contributed by atoms with Gasteiger partial charge >= 0.3 is 5.97 Å². The summed E-state index contributed by atoms with van der Waals surface area (Å²) in [4.78, 5) is 33.2. The minimum Gasteiger partial charge on any atom is -0.478 e. The highest BCUT2D eigenvalue weighted by Crippen LogP contribution is 2.16. The molecule has 0 unspecified atom stereocenters. The fourth-order valence-electron chi connectivity index (χ4n) is 2.25. The number of aromatic amines is 1.